The fourth-order valence-electron chi connectivity index (χ4n) is 1.77. The number of primary sulfonamides is 1. The van der Waals surface area contributed by atoms with E-state index in [4.69, 9.17) is 14.6 Å². The summed E-state index contributed by atoms with van der Waals surface area (Å²) >= 11 is 0. The maximum atomic E-state index is 11.1. The number of nitrogens with two attached hydrogens (primary N) is 1. The van der Waals surface area contributed by atoms with Gasteiger partial charge in [0.15, 0.2) is 5.75 Å². The summed E-state index contributed by atoms with van der Waals surface area (Å²) in [5.41, 5.74) is -0.943. The lowest BCUT2D eigenvalue weighted by Crippen LogP contribution is -2.33. The third-order valence-corrected chi connectivity index (χ3v) is 3.75. The first-order chi connectivity index (χ1) is 9.54. The summed E-state index contributed by atoms with van der Waals surface area (Å²) in [7, 11) is -2.30. The molecule has 1 aromatic rings. The number of hydrogen-bond acceptors (Lipinski definition) is 6. The number of sulfonamides is 1. The molecule has 8 nitrogen and oxygen atoms in total. The number of ether oxygens (including phenoxy) is 2. The molecule has 9 heteroatoms. The lowest BCUT2D eigenvalue weighted by Gasteiger charge is -2.23. The van der Waals surface area contributed by atoms with Crippen LogP contribution in [0.4, 0.5) is 5.69 Å². The van der Waals surface area contributed by atoms with Crippen LogP contribution in [0.1, 0.15) is 13.8 Å². The number of rotatable bonds is 7. The minimum Gasteiger partial charge on any atom is -0.493 e. The van der Waals surface area contributed by atoms with Crippen LogP contribution in [0, 0.1) is 15.5 Å². The van der Waals surface area contributed by atoms with E-state index in [1.165, 1.54) is 25.3 Å². The maximum Gasteiger partial charge on any atom is 0.314 e. The molecule has 0 aliphatic carbocycles. The van der Waals surface area contributed by atoms with Crippen molar-refractivity contribution in [3.63, 3.8) is 0 Å². The fourth-order valence-corrected chi connectivity index (χ4v) is 2.94. The first-order valence-corrected chi connectivity index (χ1v) is 7.71. The molecule has 2 N–H and O–H groups in total. The van der Waals surface area contributed by atoms with Crippen LogP contribution < -0.4 is 14.6 Å². The quantitative estimate of drug-likeness (QED) is 0.597. The van der Waals surface area contributed by atoms with Crippen LogP contribution in [0.15, 0.2) is 18.2 Å². The Kier molecular flexibility index (Phi) is 5.13. The molecule has 1 aromatic carbocycles. The van der Waals surface area contributed by atoms with Gasteiger partial charge >= 0.3 is 5.69 Å². The second-order valence-corrected chi connectivity index (χ2v) is 6.97. The Balaban J connectivity index is 2.85. The van der Waals surface area contributed by atoms with Crippen LogP contribution in [0.5, 0.6) is 11.5 Å². The molecule has 0 amide bonds. The summed E-state index contributed by atoms with van der Waals surface area (Å²) in [4.78, 5) is 10.3. The van der Waals surface area contributed by atoms with E-state index in [9.17, 15) is 18.5 Å². The van der Waals surface area contributed by atoms with Gasteiger partial charge in [0.1, 0.15) is 5.75 Å². The molecule has 0 aliphatic heterocycles. The molecule has 0 unspecified atom stereocenters. The smallest absolute Gasteiger partial charge is 0.314 e. The lowest BCUT2D eigenvalue weighted by molar-refractivity contribution is -0.385. The topological polar surface area (TPSA) is 122 Å². The van der Waals surface area contributed by atoms with E-state index < -0.39 is 20.4 Å². The molecule has 1 rings (SSSR count). The van der Waals surface area contributed by atoms with E-state index in [-0.39, 0.29) is 29.5 Å². The van der Waals surface area contributed by atoms with Crippen LogP contribution in [0.25, 0.3) is 0 Å². The third kappa shape index (κ3) is 5.56. The van der Waals surface area contributed by atoms with Gasteiger partial charge in [-0.3, -0.25) is 10.1 Å². The molecule has 0 radical (unpaired) electrons. The van der Waals surface area contributed by atoms with Gasteiger partial charge in [0.25, 0.3) is 0 Å². The zero-order valence-corrected chi connectivity index (χ0v) is 12.8. The lowest BCUT2D eigenvalue weighted by atomic mass is 9.98. The second-order valence-electron chi connectivity index (χ2n) is 5.35. The highest BCUT2D eigenvalue weighted by Gasteiger charge is 2.25. The molecule has 0 bridgehead atoms. The van der Waals surface area contributed by atoms with Crippen molar-refractivity contribution >= 4 is 15.7 Å². The maximum absolute atomic E-state index is 11.1. The van der Waals surface area contributed by atoms with Crippen LogP contribution in [-0.2, 0) is 10.0 Å². The average Bonchev–Trinajstić information content (AvgIpc) is 2.33. The number of methoxy groups -OCH3 is 1. The van der Waals surface area contributed by atoms with Crippen molar-refractivity contribution in [2.45, 2.75) is 13.8 Å². The van der Waals surface area contributed by atoms with Gasteiger partial charge in [-0.25, -0.2) is 13.6 Å². The summed E-state index contributed by atoms with van der Waals surface area (Å²) in [5, 5.41) is 15.9. The molecule has 118 valence electrons. The van der Waals surface area contributed by atoms with Crippen LogP contribution in [0.3, 0.4) is 0 Å². The Labute approximate surface area is 123 Å². The molecule has 0 fully saturated rings. The Morgan fingerprint density at radius 3 is 2.48 bits per heavy atom. The Morgan fingerprint density at radius 2 is 2.00 bits per heavy atom. The van der Waals surface area contributed by atoms with Crippen LogP contribution >= 0.6 is 0 Å². The number of hydrogen-bond donors (Lipinski definition) is 1. The molecular formula is C12H18N2O6S. The SMILES string of the molecule is COc1ccc(OCC(C)(C)CS(N)(=O)=O)cc1[N+](=O)[O-]. The van der Waals surface area contributed by atoms with Gasteiger partial charge in [-0.05, 0) is 12.1 Å². The normalized spacial score (nSPS) is 12.0. The molecule has 0 aromatic heterocycles. The van der Waals surface area contributed by atoms with Gasteiger partial charge in [0, 0.05) is 5.41 Å². The number of nitro groups is 1. The van der Waals surface area contributed by atoms with E-state index in [0.717, 1.165) is 0 Å². The minimum absolute atomic E-state index is 0.0485. The van der Waals surface area contributed by atoms with E-state index in [1.54, 1.807) is 13.8 Å². The van der Waals surface area contributed by atoms with Crippen molar-refractivity contribution in [3.8, 4) is 11.5 Å². The third-order valence-electron chi connectivity index (χ3n) is 2.57. The summed E-state index contributed by atoms with van der Waals surface area (Å²) < 4.78 is 32.5. The number of nitrogens with zero attached hydrogens (tertiary/aromatic N) is 1. The average molecular weight is 318 g/mol. The Bertz CT molecular complexity index is 627. The van der Waals surface area contributed by atoms with Crippen molar-refractivity contribution in [3.05, 3.63) is 28.3 Å². The van der Waals surface area contributed by atoms with Gasteiger partial charge in [-0.15, -0.1) is 0 Å². The highest BCUT2D eigenvalue weighted by molar-refractivity contribution is 7.89. The van der Waals surface area contributed by atoms with Crippen molar-refractivity contribution in [2.24, 2.45) is 10.6 Å². The molecule has 0 heterocycles. The highest BCUT2D eigenvalue weighted by Crippen LogP contribution is 2.31. The van der Waals surface area contributed by atoms with Gasteiger partial charge in [-0.1, -0.05) is 13.8 Å². The van der Waals surface area contributed by atoms with Crippen LogP contribution in [0.2, 0.25) is 0 Å². The van der Waals surface area contributed by atoms with E-state index in [2.05, 4.69) is 0 Å². The summed E-state index contributed by atoms with van der Waals surface area (Å²) in [6, 6.07) is 4.16. The molecule has 0 aliphatic rings. The first kappa shape index (κ1) is 17.2. The zero-order valence-electron chi connectivity index (χ0n) is 12.0. The molecule has 0 spiro atoms. The fraction of sp³-hybridized carbons (Fsp3) is 0.500. The van der Waals surface area contributed by atoms with E-state index in [1.807, 2.05) is 0 Å². The Hall–Kier alpha value is -1.87. The monoisotopic (exact) mass is 318 g/mol. The van der Waals surface area contributed by atoms with Crippen LogP contribution in [-0.4, -0.2) is 32.8 Å². The number of nitro benzene ring substituents is 1. The first-order valence-electron chi connectivity index (χ1n) is 6.00. The molecule has 0 saturated heterocycles. The van der Waals surface area contributed by atoms with Crippen molar-refractivity contribution in [1.29, 1.82) is 0 Å². The minimum atomic E-state index is -3.63. The van der Waals surface area contributed by atoms with E-state index in [0.29, 0.717) is 0 Å². The summed E-state index contributed by atoms with van der Waals surface area (Å²) in [6.07, 6.45) is 0. The van der Waals surface area contributed by atoms with Crippen molar-refractivity contribution < 1.29 is 22.8 Å². The summed E-state index contributed by atoms with van der Waals surface area (Å²) in [5.74, 6) is 0.124. The molecule has 0 atom stereocenters. The summed E-state index contributed by atoms with van der Waals surface area (Å²) in [6.45, 7) is 3.40. The van der Waals surface area contributed by atoms with Crippen molar-refractivity contribution in [2.75, 3.05) is 19.5 Å². The predicted molar refractivity (Wildman–Crippen MR) is 76.9 cm³/mol. The predicted octanol–water partition coefficient (Wildman–Crippen LogP) is 1.30. The molecular weight excluding hydrogens is 300 g/mol. The van der Waals surface area contributed by atoms with Gasteiger partial charge < -0.3 is 9.47 Å². The zero-order chi connectivity index (χ0) is 16.3. The molecule has 0 saturated carbocycles. The highest BCUT2D eigenvalue weighted by atomic mass is 32.2. The van der Waals surface area contributed by atoms with E-state index >= 15 is 0 Å². The van der Waals surface area contributed by atoms with Crippen molar-refractivity contribution in [1.82, 2.24) is 0 Å². The number of benzene rings is 1. The van der Waals surface area contributed by atoms with Gasteiger partial charge in [-0.2, -0.15) is 0 Å². The Morgan fingerprint density at radius 1 is 1.38 bits per heavy atom. The standard InChI is InChI=1S/C12H18N2O6S/c1-12(2,8-21(13,17)18)7-20-9-4-5-11(19-3)10(6-9)14(15)16/h4-6H,7-8H2,1-3H3,(H2,13,17,18). The second kappa shape index (κ2) is 6.27. The van der Waals surface area contributed by atoms with Gasteiger partial charge in [0.05, 0.1) is 30.5 Å². The largest absolute Gasteiger partial charge is 0.493 e. The molecule has 21 heavy (non-hydrogen) atoms. The van der Waals surface area contributed by atoms with Gasteiger partial charge in [0.2, 0.25) is 10.0 Å².